The van der Waals surface area contributed by atoms with Crippen LogP contribution in [-0.4, -0.2) is 41.0 Å². The summed E-state index contributed by atoms with van der Waals surface area (Å²) in [6, 6.07) is 21.3. The Morgan fingerprint density at radius 3 is 2.58 bits per heavy atom. The van der Waals surface area contributed by atoms with E-state index in [4.69, 9.17) is 11.6 Å². The summed E-state index contributed by atoms with van der Waals surface area (Å²) < 4.78 is 29.7. The second-order valence-corrected chi connectivity index (χ2v) is 10.8. The van der Waals surface area contributed by atoms with Gasteiger partial charge in [0.25, 0.3) is 5.69 Å². The highest BCUT2D eigenvalue weighted by atomic mass is 35.5. The molecule has 1 N–H and O–H groups in total. The van der Waals surface area contributed by atoms with E-state index in [1.807, 2.05) is 30.3 Å². The summed E-state index contributed by atoms with van der Waals surface area (Å²) in [6.07, 6.45) is 2.86. The molecule has 36 heavy (non-hydrogen) atoms. The first-order chi connectivity index (χ1) is 17.3. The summed E-state index contributed by atoms with van der Waals surface area (Å²) >= 11 is 7.15. The maximum absolute atomic E-state index is 12.8. The topological polar surface area (TPSA) is 132 Å². The van der Waals surface area contributed by atoms with E-state index < -0.39 is 14.9 Å². The number of nitrogens with one attached hydrogen (secondary N) is 1. The van der Waals surface area contributed by atoms with Crippen LogP contribution in [0.5, 0.6) is 0 Å². The van der Waals surface area contributed by atoms with Crippen LogP contribution in [0.2, 0.25) is 5.02 Å². The smallest absolute Gasteiger partial charge is 0.258 e. The number of hydrogen-bond acceptors (Lipinski definition) is 8. The molecule has 0 saturated heterocycles. The Bertz CT molecular complexity index is 1480. The van der Waals surface area contributed by atoms with E-state index >= 15 is 0 Å². The molecule has 4 aromatic rings. The van der Waals surface area contributed by atoms with Gasteiger partial charge in [0.15, 0.2) is 0 Å². The van der Waals surface area contributed by atoms with E-state index in [0.717, 1.165) is 5.56 Å². The Hall–Kier alpha value is -3.58. The SMILES string of the molecule is O=[N+]([O-])c1cccc(/C=N/n2cnnc2S[C@@H](CNS(=O)(=O)c2ccc(Cl)cc2)c2ccccc2)c1. The number of thioether (sulfide) groups is 1. The van der Waals surface area contributed by atoms with Crippen LogP contribution in [0.4, 0.5) is 5.69 Å². The highest BCUT2D eigenvalue weighted by molar-refractivity contribution is 7.99. The van der Waals surface area contributed by atoms with Gasteiger partial charge in [0.05, 0.1) is 21.3 Å². The maximum Gasteiger partial charge on any atom is 0.270 e. The van der Waals surface area contributed by atoms with Gasteiger partial charge in [-0.1, -0.05) is 65.8 Å². The third kappa shape index (κ3) is 6.55. The van der Waals surface area contributed by atoms with E-state index in [9.17, 15) is 18.5 Å². The zero-order valence-electron chi connectivity index (χ0n) is 18.5. The van der Waals surface area contributed by atoms with E-state index in [0.29, 0.717) is 15.7 Å². The van der Waals surface area contributed by atoms with Gasteiger partial charge in [-0.05, 0) is 29.8 Å². The van der Waals surface area contributed by atoms with E-state index in [2.05, 4.69) is 20.0 Å². The molecular formula is C23H19ClN6O4S2. The van der Waals surface area contributed by atoms with Gasteiger partial charge in [0.1, 0.15) is 6.33 Å². The molecule has 0 aliphatic heterocycles. The number of aromatic nitrogens is 3. The molecule has 0 fully saturated rings. The fraction of sp³-hybridized carbons (Fsp3) is 0.0870. The summed E-state index contributed by atoms with van der Waals surface area (Å²) in [7, 11) is -3.78. The molecule has 3 aromatic carbocycles. The molecule has 0 radical (unpaired) electrons. The third-order valence-electron chi connectivity index (χ3n) is 4.91. The number of hydrogen-bond donors (Lipinski definition) is 1. The van der Waals surface area contributed by atoms with Crippen LogP contribution in [-0.2, 0) is 10.0 Å². The molecule has 184 valence electrons. The van der Waals surface area contributed by atoms with Gasteiger partial charge in [-0.25, -0.2) is 13.1 Å². The summed E-state index contributed by atoms with van der Waals surface area (Å²) in [6.45, 7) is 0.0705. The van der Waals surface area contributed by atoms with Gasteiger partial charge in [-0.2, -0.15) is 9.78 Å². The molecule has 1 aromatic heterocycles. The lowest BCUT2D eigenvalue weighted by atomic mass is 10.1. The van der Waals surface area contributed by atoms with Gasteiger partial charge >= 0.3 is 0 Å². The molecule has 10 nitrogen and oxygen atoms in total. The molecule has 0 saturated carbocycles. The zero-order chi connectivity index (χ0) is 25.5. The van der Waals surface area contributed by atoms with E-state index in [1.165, 1.54) is 65.4 Å². The Morgan fingerprint density at radius 2 is 1.86 bits per heavy atom. The van der Waals surface area contributed by atoms with Gasteiger partial charge in [-0.3, -0.25) is 10.1 Å². The second kappa shape index (κ2) is 11.4. The first kappa shape index (κ1) is 25.5. The minimum Gasteiger partial charge on any atom is -0.258 e. The van der Waals surface area contributed by atoms with Gasteiger partial charge in [0.2, 0.25) is 15.2 Å². The monoisotopic (exact) mass is 542 g/mol. The quantitative estimate of drug-likeness (QED) is 0.135. The van der Waals surface area contributed by atoms with Crippen LogP contribution >= 0.6 is 23.4 Å². The molecule has 0 aliphatic rings. The number of nitro benzene ring substituents is 1. The molecule has 0 amide bonds. The fourth-order valence-electron chi connectivity index (χ4n) is 3.13. The van der Waals surface area contributed by atoms with E-state index in [1.54, 1.807) is 12.1 Å². The Labute approximate surface area is 216 Å². The molecular weight excluding hydrogens is 524 g/mol. The molecule has 0 aliphatic carbocycles. The van der Waals surface area contributed by atoms with Crippen LogP contribution in [0.1, 0.15) is 16.4 Å². The van der Waals surface area contributed by atoms with Crippen molar-refractivity contribution in [2.24, 2.45) is 5.10 Å². The summed E-state index contributed by atoms with van der Waals surface area (Å²) in [5, 5.41) is 23.9. The number of sulfonamides is 1. The van der Waals surface area contributed by atoms with Crippen molar-refractivity contribution in [1.82, 2.24) is 19.6 Å². The Kier molecular flexibility index (Phi) is 8.10. The second-order valence-electron chi connectivity index (χ2n) is 7.38. The minimum absolute atomic E-state index is 0.0468. The number of benzene rings is 3. The largest absolute Gasteiger partial charge is 0.270 e. The lowest BCUT2D eigenvalue weighted by Crippen LogP contribution is -2.27. The minimum atomic E-state index is -3.78. The van der Waals surface area contributed by atoms with Crippen molar-refractivity contribution in [3.8, 4) is 0 Å². The first-order valence-corrected chi connectivity index (χ1v) is 13.2. The summed E-state index contributed by atoms with van der Waals surface area (Å²) in [5.41, 5.74) is 1.36. The number of nitrogens with zero attached hydrogens (tertiary/aromatic N) is 5. The van der Waals surface area contributed by atoms with Crippen LogP contribution in [0.3, 0.4) is 0 Å². The standard InChI is InChI=1S/C23H19ClN6O4S2/c24-19-9-11-21(12-10-19)36(33,34)27-15-22(18-6-2-1-3-7-18)35-23-28-25-16-29(23)26-14-17-5-4-8-20(13-17)30(31)32/h1-14,16,22,27H,15H2/b26-14+/t22-/m0/s1. The maximum atomic E-state index is 12.8. The van der Waals surface area contributed by atoms with Crippen molar-refractivity contribution in [3.05, 3.63) is 111 Å². The fourth-order valence-corrected chi connectivity index (χ4v) is 5.42. The van der Waals surface area contributed by atoms with Crippen molar-refractivity contribution in [2.45, 2.75) is 15.3 Å². The average Bonchev–Trinajstić information content (AvgIpc) is 3.33. The van der Waals surface area contributed by atoms with Crippen LogP contribution < -0.4 is 4.72 Å². The highest BCUT2D eigenvalue weighted by Gasteiger charge is 2.21. The predicted molar refractivity (Wildman–Crippen MR) is 138 cm³/mol. The van der Waals surface area contributed by atoms with Gasteiger partial charge in [0, 0.05) is 29.3 Å². The van der Waals surface area contributed by atoms with Crippen LogP contribution in [0, 0.1) is 10.1 Å². The van der Waals surface area contributed by atoms with Crippen LogP contribution in [0.15, 0.2) is 100 Å². The number of non-ortho nitro benzene ring substituents is 1. The zero-order valence-corrected chi connectivity index (χ0v) is 20.9. The molecule has 13 heteroatoms. The molecule has 0 spiro atoms. The summed E-state index contributed by atoms with van der Waals surface area (Å²) in [4.78, 5) is 10.6. The van der Waals surface area contributed by atoms with Gasteiger partial charge < -0.3 is 0 Å². The summed E-state index contributed by atoms with van der Waals surface area (Å²) in [5.74, 6) is 0. The van der Waals surface area contributed by atoms with Crippen LogP contribution in [0.25, 0.3) is 0 Å². The van der Waals surface area contributed by atoms with E-state index in [-0.39, 0.29) is 22.4 Å². The predicted octanol–water partition coefficient (Wildman–Crippen LogP) is 4.53. The Balaban J connectivity index is 1.54. The first-order valence-electron chi connectivity index (χ1n) is 10.5. The van der Waals surface area contributed by atoms with Crippen molar-refractivity contribution >= 4 is 45.3 Å². The normalized spacial score (nSPS) is 12.6. The number of rotatable bonds is 10. The highest BCUT2D eigenvalue weighted by Crippen LogP contribution is 2.34. The molecule has 4 rings (SSSR count). The number of nitro groups is 1. The number of halogens is 1. The van der Waals surface area contributed by atoms with Crippen molar-refractivity contribution in [2.75, 3.05) is 6.54 Å². The van der Waals surface area contributed by atoms with Crippen molar-refractivity contribution in [1.29, 1.82) is 0 Å². The Morgan fingerprint density at radius 1 is 1.11 bits per heavy atom. The lowest BCUT2D eigenvalue weighted by molar-refractivity contribution is -0.384. The molecule has 0 unspecified atom stereocenters. The van der Waals surface area contributed by atoms with Crippen molar-refractivity contribution < 1.29 is 13.3 Å². The lowest BCUT2D eigenvalue weighted by Gasteiger charge is -2.17. The average molecular weight is 543 g/mol. The molecule has 1 heterocycles. The molecule has 1 atom stereocenters. The third-order valence-corrected chi connectivity index (χ3v) is 7.81. The molecule has 0 bridgehead atoms. The van der Waals surface area contributed by atoms with Gasteiger partial charge in [-0.15, -0.1) is 10.2 Å². The van der Waals surface area contributed by atoms with Crippen molar-refractivity contribution in [3.63, 3.8) is 0 Å².